The number of halogens is 1. The Balaban J connectivity index is 2.26. The van der Waals surface area contributed by atoms with Crippen molar-refractivity contribution >= 4 is 15.9 Å². The van der Waals surface area contributed by atoms with E-state index in [1.165, 1.54) is 16.6 Å². The van der Waals surface area contributed by atoms with E-state index in [9.17, 15) is 0 Å². The molecule has 2 rings (SSSR count). The molecule has 1 aliphatic carbocycles. The van der Waals surface area contributed by atoms with Gasteiger partial charge in [0.05, 0.1) is 21.5 Å². The molecule has 120 valence electrons. The van der Waals surface area contributed by atoms with Gasteiger partial charge in [-0.2, -0.15) is 5.10 Å². The number of hydrogen-bond acceptors (Lipinski definition) is 3. The Morgan fingerprint density at radius 2 is 2.10 bits per heavy atom. The molecular formula is C16H28BrN3O. The van der Waals surface area contributed by atoms with E-state index in [4.69, 9.17) is 9.84 Å². The van der Waals surface area contributed by atoms with Gasteiger partial charge in [0.25, 0.3) is 0 Å². The second kappa shape index (κ2) is 7.25. The minimum atomic E-state index is 0.00463. The van der Waals surface area contributed by atoms with E-state index in [1.54, 1.807) is 0 Å². The number of nitrogens with one attached hydrogen (secondary N) is 1. The van der Waals surface area contributed by atoms with Crippen molar-refractivity contribution in [2.75, 3.05) is 13.7 Å². The summed E-state index contributed by atoms with van der Waals surface area (Å²) < 4.78 is 9.21. The third-order valence-electron chi connectivity index (χ3n) is 4.78. The van der Waals surface area contributed by atoms with Crippen LogP contribution in [0, 0.1) is 0 Å². The average Bonchev–Trinajstić information content (AvgIpc) is 2.75. The predicted octanol–water partition coefficient (Wildman–Crippen LogP) is 3.32. The summed E-state index contributed by atoms with van der Waals surface area (Å²) in [5, 5.41) is 8.36. The van der Waals surface area contributed by atoms with Crippen LogP contribution in [-0.2, 0) is 24.1 Å². The molecule has 0 bridgehead atoms. The third-order valence-corrected chi connectivity index (χ3v) is 5.70. The van der Waals surface area contributed by atoms with Crippen LogP contribution >= 0.6 is 15.9 Å². The van der Waals surface area contributed by atoms with Gasteiger partial charge in [-0.15, -0.1) is 0 Å². The van der Waals surface area contributed by atoms with Gasteiger partial charge < -0.3 is 10.1 Å². The maximum absolute atomic E-state index is 5.90. The summed E-state index contributed by atoms with van der Waals surface area (Å²) in [7, 11) is 1.85. The molecule has 5 heteroatoms. The Bertz CT molecular complexity index is 463. The first-order valence-corrected chi connectivity index (χ1v) is 8.93. The molecule has 0 saturated heterocycles. The number of aryl methyl sites for hydroxylation is 2. The molecule has 0 aliphatic heterocycles. The highest BCUT2D eigenvalue weighted by Gasteiger charge is 2.44. The second-order valence-corrected chi connectivity index (χ2v) is 6.61. The molecule has 1 heterocycles. The van der Waals surface area contributed by atoms with Crippen LogP contribution < -0.4 is 5.32 Å². The molecule has 1 aromatic rings. The lowest BCUT2D eigenvalue weighted by Gasteiger charge is -2.47. The molecule has 4 nitrogen and oxygen atoms in total. The average molecular weight is 358 g/mol. The lowest BCUT2D eigenvalue weighted by molar-refractivity contribution is -0.0981. The van der Waals surface area contributed by atoms with E-state index in [1.807, 2.05) is 7.11 Å². The van der Waals surface area contributed by atoms with Crippen LogP contribution in [0.3, 0.4) is 0 Å². The first-order valence-electron chi connectivity index (χ1n) is 8.14. The maximum Gasteiger partial charge on any atom is 0.0834 e. The highest BCUT2D eigenvalue weighted by molar-refractivity contribution is 9.10. The molecule has 1 N–H and O–H groups in total. The normalized spacial score (nSPS) is 18.5. The molecule has 21 heavy (non-hydrogen) atoms. The zero-order valence-corrected chi connectivity index (χ0v) is 15.3. The van der Waals surface area contributed by atoms with Crippen LogP contribution in [0.5, 0.6) is 0 Å². The SMILES string of the molecule is CCNC(Cc1c(Br)c(CC)nn1CC)C1(OC)CCC1. The number of nitrogens with zero attached hydrogens (tertiary/aromatic N) is 2. The summed E-state index contributed by atoms with van der Waals surface area (Å²) in [6.45, 7) is 8.35. The van der Waals surface area contributed by atoms with E-state index in [-0.39, 0.29) is 5.60 Å². The van der Waals surface area contributed by atoms with E-state index in [2.05, 4.69) is 46.7 Å². The molecule has 0 aromatic carbocycles. The van der Waals surface area contributed by atoms with E-state index in [0.29, 0.717) is 6.04 Å². The number of hydrogen-bond donors (Lipinski definition) is 1. The Hall–Kier alpha value is -0.390. The smallest absolute Gasteiger partial charge is 0.0834 e. The lowest BCUT2D eigenvalue weighted by atomic mass is 9.73. The van der Waals surface area contributed by atoms with Crippen LogP contribution in [0.2, 0.25) is 0 Å². The Morgan fingerprint density at radius 1 is 1.38 bits per heavy atom. The topological polar surface area (TPSA) is 39.1 Å². The molecule has 1 atom stereocenters. The van der Waals surface area contributed by atoms with Crippen LogP contribution in [0.4, 0.5) is 0 Å². The summed E-state index contributed by atoms with van der Waals surface area (Å²) in [4.78, 5) is 0. The number of ether oxygens (including phenoxy) is 1. The summed E-state index contributed by atoms with van der Waals surface area (Å²) in [6.07, 6.45) is 5.49. The van der Waals surface area contributed by atoms with Gasteiger partial charge in [0.15, 0.2) is 0 Å². The van der Waals surface area contributed by atoms with E-state index >= 15 is 0 Å². The van der Waals surface area contributed by atoms with Crippen LogP contribution in [-0.4, -0.2) is 35.1 Å². The van der Waals surface area contributed by atoms with Crippen molar-refractivity contribution in [1.82, 2.24) is 15.1 Å². The zero-order chi connectivity index (χ0) is 15.5. The minimum Gasteiger partial charge on any atom is -0.377 e. The quantitative estimate of drug-likeness (QED) is 0.775. The number of methoxy groups -OCH3 is 1. The fourth-order valence-electron chi connectivity index (χ4n) is 3.32. The molecular weight excluding hydrogens is 330 g/mol. The highest BCUT2D eigenvalue weighted by Crippen LogP contribution is 2.40. The number of aromatic nitrogens is 2. The molecule has 1 aliphatic rings. The Morgan fingerprint density at radius 3 is 2.52 bits per heavy atom. The molecule has 1 unspecified atom stereocenters. The van der Waals surface area contributed by atoms with Crippen molar-refractivity contribution < 1.29 is 4.74 Å². The van der Waals surface area contributed by atoms with Gasteiger partial charge in [-0.3, -0.25) is 4.68 Å². The molecule has 1 fully saturated rings. The molecule has 0 radical (unpaired) electrons. The van der Waals surface area contributed by atoms with Crippen molar-refractivity contribution in [3.05, 3.63) is 15.9 Å². The van der Waals surface area contributed by atoms with Crippen molar-refractivity contribution in [3.63, 3.8) is 0 Å². The van der Waals surface area contributed by atoms with Gasteiger partial charge in [0, 0.05) is 26.1 Å². The van der Waals surface area contributed by atoms with E-state index < -0.39 is 0 Å². The first kappa shape index (κ1) is 17.0. The van der Waals surface area contributed by atoms with Crippen molar-refractivity contribution in [2.24, 2.45) is 0 Å². The lowest BCUT2D eigenvalue weighted by Crippen LogP contribution is -2.57. The van der Waals surface area contributed by atoms with Gasteiger partial charge in [-0.05, 0) is 55.1 Å². The van der Waals surface area contributed by atoms with Gasteiger partial charge >= 0.3 is 0 Å². The number of rotatable bonds is 8. The fraction of sp³-hybridized carbons (Fsp3) is 0.812. The van der Waals surface area contributed by atoms with Crippen molar-refractivity contribution in [1.29, 1.82) is 0 Å². The Kier molecular flexibility index (Phi) is 5.86. The van der Waals surface area contributed by atoms with Crippen molar-refractivity contribution in [3.8, 4) is 0 Å². The maximum atomic E-state index is 5.90. The van der Waals surface area contributed by atoms with Crippen LogP contribution in [0.1, 0.15) is 51.4 Å². The highest BCUT2D eigenvalue weighted by atomic mass is 79.9. The summed E-state index contributed by atoms with van der Waals surface area (Å²) in [5.41, 5.74) is 2.45. The molecule has 1 saturated carbocycles. The van der Waals surface area contributed by atoms with Gasteiger partial charge in [-0.25, -0.2) is 0 Å². The molecule has 0 spiro atoms. The fourth-order valence-corrected chi connectivity index (χ4v) is 4.04. The monoisotopic (exact) mass is 357 g/mol. The van der Waals surface area contributed by atoms with Crippen molar-refractivity contribution in [2.45, 2.75) is 71.1 Å². The first-order chi connectivity index (χ1) is 10.1. The van der Waals surface area contributed by atoms with Gasteiger partial charge in [0.1, 0.15) is 0 Å². The Labute approximate surface area is 136 Å². The number of likely N-dealkylation sites (N-methyl/N-ethyl adjacent to an activating group) is 1. The van der Waals surface area contributed by atoms with E-state index in [0.717, 1.165) is 44.5 Å². The van der Waals surface area contributed by atoms with Gasteiger partial charge in [-0.1, -0.05) is 13.8 Å². The zero-order valence-electron chi connectivity index (χ0n) is 13.7. The largest absolute Gasteiger partial charge is 0.377 e. The standard InChI is InChI=1S/C16H28BrN3O/c1-5-12-15(17)13(20(7-3)19-12)11-14(18-6-2)16(21-4)9-8-10-16/h14,18H,5-11H2,1-4H3. The third kappa shape index (κ3) is 3.20. The second-order valence-electron chi connectivity index (χ2n) is 5.81. The van der Waals surface area contributed by atoms with Crippen LogP contribution in [0.15, 0.2) is 4.47 Å². The predicted molar refractivity (Wildman–Crippen MR) is 89.7 cm³/mol. The summed E-state index contributed by atoms with van der Waals surface area (Å²) in [5.74, 6) is 0. The summed E-state index contributed by atoms with van der Waals surface area (Å²) >= 11 is 3.76. The van der Waals surface area contributed by atoms with Gasteiger partial charge in [0.2, 0.25) is 0 Å². The summed E-state index contributed by atoms with van der Waals surface area (Å²) in [6, 6.07) is 0.351. The van der Waals surface area contributed by atoms with Crippen LogP contribution in [0.25, 0.3) is 0 Å². The molecule has 1 aromatic heterocycles. The minimum absolute atomic E-state index is 0.00463. The molecule has 0 amide bonds.